The van der Waals surface area contributed by atoms with Crippen molar-refractivity contribution in [2.75, 3.05) is 21.5 Å². The van der Waals surface area contributed by atoms with Gasteiger partial charge in [-0.25, -0.2) is 28.1 Å². The van der Waals surface area contributed by atoms with E-state index in [2.05, 4.69) is 44.9 Å². The van der Waals surface area contributed by atoms with Gasteiger partial charge in [0.2, 0.25) is 11.9 Å². The molecular weight excluding hydrogens is 573 g/mol. The summed E-state index contributed by atoms with van der Waals surface area (Å²) in [7, 11) is -3.94. The first kappa shape index (κ1) is 30.0. The van der Waals surface area contributed by atoms with Crippen molar-refractivity contribution >= 4 is 45.1 Å². The van der Waals surface area contributed by atoms with Gasteiger partial charge in [0.15, 0.2) is 0 Å². The molecule has 2 heterocycles. The summed E-state index contributed by atoms with van der Waals surface area (Å²) in [4.78, 5) is 24.9. The standard InChI is InChI=1S/C29H26N8O3S2/c1-17(2)19-4-6-20(7-5-19)26-23(14-30)27(32)36-28(24(26)15-31)41-16-25(38)35-21-8-10-22(11-9-21)42(39,40)37-29-33-13-12-18(3)34-29/h4-13,17H,16H2,1-3H3,(H2,32,36)(H,35,38)(H,33,34,37). The molecule has 11 nitrogen and oxygen atoms in total. The molecule has 4 N–H and O–H groups in total. The normalized spacial score (nSPS) is 11.0. The number of rotatable bonds is 9. The van der Waals surface area contributed by atoms with E-state index < -0.39 is 15.9 Å². The molecule has 0 atom stereocenters. The van der Waals surface area contributed by atoms with Crippen molar-refractivity contribution in [3.8, 4) is 23.3 Å². The number of thioether (sulfide) groups is 1. The van der Waals surface area contributed by atoms with Crippen LogP contribution in [0.1, 0.15) is 42.1 Å². The molecule has 4 rings (SSSR count). The zero-order chi connectivity index (χ0) is 30.4. The van der Waals surface area contributed by atoms with Crippen molar-refractivity contribution in [1.82, 2.24) is 15.0 Å². The number of carbonyl (C=O) groups is 1. The summed E-state index contributed by atoms with van der Waals surface area (Å²) in [5, 5.41) is 22.7. The van der Waals surface area contributed by atoms with Crippen LogP contribution in [0, 0.1) is 29.6 Å². The van der Waals surface area contributed by atoms with Crippen molar-refractivity contribution in [3.63, 3.8) is 0 Å². The number of aryl methyl sites for hydroxylation is 1. The summed E-state index contributed by atoms with van der Waals surface area (Å²) in [6.07, 6.45) is 1.45. The Balaban J connectivity index is 1.49. The first-order chi connectivity index (χ1) is 20.0. The first-order valence-electron chi connectivity index (χ1n) is 12.6. The third kappa shape index (κ3) is 6.83. The van der Waals surface area contributed by atoms with Crippen LogP contribution in [0.15, 0.2) is 70.7 Å². The lowest BCUT2D eigenvalue weighted by molar-refractivity contribution is -0.113. The van der Waals surface area contributed by atoms with E-state index in [0.29, 0.717) is 28.4 Å². The van der Waals surface area contributed by atoms with Crippen LogP contribution in [0.2, 0.25) is 0 Å². The number of anilines is 3. The molecule has 0 bridgehead atoms. The van der Waals surface area contributed by atoms with Gasteiger partial charge in [-0.2, -0.15) is 10.5 Å². The van der Waals surface area contributed by atoms with E-state index in [0.717, 1.165) is 17.3 Å². The minimum Gasteiger partial charge on any atom is -0.383 e. The lowest BCUT2D eigenvalue weighted by atomic mass is 9.94. The number of nitrogens with zero attached hydrogens (tertiary/aromatic N) is 5. The molecule has 0 radical (unpaired) electrons. The molecule has 4 aromatic rings. The molecule has 0 unspecified atom stereocenters. The number of hydrogen-bond acceptors (Lipinski definition) is 10. The van der Waals surface area contributed by atoms with Gasteiger partial charge in [0.05, 0.1) is 16.2 Å². The van der Waals surface area contributed by atoms with Gasteiger partial charge in [0, 0.05) is 23.1 Å². The van der Waals surface area contributed by atoms with Crippen molar-refractivity contribution in [3.05, 3.63) is 83.2 Å². The van der Waals surface area contributed by atoms with E-state index in [1.165, 1.54) is 30.5 Å². The molecular formula is C29H26N8O3S2. The summed E-state index contributed by atoms with van der Waals surface area (Å²) >= 11 is 1.00. The topological polar surface area (TPSA) is 188 Å². The largest absolute Gasteiger partial charge is 0.383 e. The summed E-state index contributed by atoms with van der Waals surface area (Å²) in [6.45, 7) is 5.85. The number of amides is 1. The van der Waals surface area contributed by atoms with Gasteiger partial charge in [-0.3, -0.25) is 4.79 Å². The molecule has 0 fully saturated rings. The van der Waals surface area contributed by atoms with E-state index >= 15 is 0 Å². The number of aromatic nitrogens is 3. The first-order valence-corrected chi connectivity index (χ1v) is 15.1. The number of hydrogen-bond donors (Lipinski definition) is 3. The minimum atomic E-state index is -3.94. The molecule has 42 heavy (non-hydrogen) atoms. The number of benzene rings is 2. The number of pyridine rings is 1. The molecule has 0 aliphatic rings. The Bertz CT molecular complexity index is 1830. The van der Waals surface area contributed by atoms with Gasteiger partial charge in [0.1, 0.15) is 28.5 Å². The quantitative estimate of drug-likeness (QED) is 0.225. The fourth-order valence-corrected chi connectivity index (χ4v) is 5.70. The molecule has 2 aromatic carbocycles. The second kappa shape index (κ2) is 12.7. The van der Waals surface area contributed by atoms with Crippen LogP contribution in [-0.4, -0.2) is 35.0 Å². The molecule has 2 aromatic heterocycles. The van der Waals surface area contributed by atoms with Crippen LogP contribution in [0.4, 0.5) is 17.5 Å². The summed E-state index contributed by atoms with van der Waals surface area (Å²) in [5.41, 5.74) is 9.42. The molecule has 212 valence electrons. The van der Waals surface area contributed by atoms with Crippen LogP contribution in [-0.2, 0) is 14.8 Å². The number of nitrogens with one attached hydrogen (secondary N) is 2. The second-order valence-corrected chi connectivity index (χ2v) is 12.1. The highest BCUT2D eigenvalue weighted by atomic mass is 32.2. The van der Waals surface area contributed by atoms with Crippen LogP contribution in [0.3, 0.4) is 0 Å². The molecule has 13 heteroatoms. The van der Waals surface area contributed by atoms with Crippen LogP contribution < -0.4 is 15.8 Å². The zero-order valence-corrected chi connectivity index (χ0v) is 24.5. The van der Waals surface area contributed by atoms with Gasteiger partial charge in [-0.1, -0.05) is 49.9 Å². The fourth-order valence-electron chi connectivity index (χ4n) is 3.95. The third-order valence-electron chi connectivity index (χ3n) is 6.09. The van der Waals surface area contributed by atoms with Crippen molar-refractivity contribution in [2.24, 2.45) is 0 Å². The predicted octanol–water partition coefficient (Wildman–Crippen LogP) is 4.83. The average Bonchev–Trinajstić information content (AvgIpc) is 2.95. The lowest BCUT2D eigenvalue weighted by Gasteiger charge is -2.14. The van der Waals surface area contributed by atoms with Gasteiger partial charge < -0.3 is 11.1 Å². The molecule has 0 spiro atoms. The highest BCUT2D eigenvalue weighted by Crippen LogP contribution is 2.36. The van der Waals surface area contributed by atoms with Crippen LogP contribution in [0.5, 0.6) is 0 Å². The summed E-state index contributed by atoms with van der Waals surface area (Å²) < 4.78 is 27.7. The Labute approximate surface area is 247 Å². The Morgan fingerprint density at radius 3 is 2.26 bits per heavy atom. The van der Waals surface area contributed by atoms with Gasteiger partial charge >= 0.3 is 0 Å². The Kier molecular flexibility index (Phi) is 9.06. The van der Waals surface area contributed by atoms with E-state index in [4.69, 9.17) is 5.73 Å². The smallest absolute Gasteiger partial charge is 0.264 e. The van der Waals surface area contributed by atoms with Crippen LogP contribution in [0.25, 0.3) is 11.1 Å². The third-order valence-corrected chi connectivity index (χ3v) is 8.41. The lowest BCUT2D eigenvalue weighted by Crippen LogP contribution is -2.16. The molecule has 1 amide bonds. The van der Waals surface area contributed by atoms with Crippen molar-refractivity contribution < 1.29 is 13.2 Å². The monoisotopic (exact) mass is 598 g/mol. The van der Waals surface area contributed by atoms with E-state index in [-0.39, 0.29) is 38.6 Å². The number of sulfonamides is 1. The van der Waals surface area contributed by atoms with Crippen molar-refractivity contribution in [1.29, 1.82) is 10.5 Å². The van der Waals surface area contributed by atoms with Gasteiger partial charge in [-0.15, -0.1) is 0 Å². The molecule has 0 aliphatic carbocycles. The molecule has 0 saturated heterocycles. The van der Waals surface area contributed by atoms with E-state index in [9.17, 15) is 23.7 Å². The highest BCUT2D eigenvalue weighted by molar-refractivity contribution is 8.00. The Morgan fingerprint density at radius 2 is 1.67 bits per heavy atom. The maximum Gasteiger partial charge on any atom is 0.264 e. The molecule has 0 saturated carbocycles. The highest BCUT2D eigenvalue weighted by Gasteiger charge is 2.22. The fraction of sp³-hybridized carbons (Fsp3) is 0.172. The van der Waals surface area contributed by atoms with Crippen LogP contribution >= 0.6 is 11.8 Å². The SMILES string of the molecule is Cc1ccnc(NS(=O)(=O)c2ccc(NC(=O)CSc3nc(N)c(C#N)c(-c4ccc(C(C)C)cc4)c3C#N)cc2)n1. The maximum absolute atomic E-state index is 12.7. The predicted molar refractivity (Wildman–Crippen MR) is 161 cm³/mol. The Morgan fingerprint density at radius 1 is 1.00 bits per heavy atom. The zero-order valence-electron chi connectivity index (χ0n) is 22.9. The summed E-state index contributed by atoms with van der Waals surface area (Å²) in [6, 6.07) is 18.9. The van der Waals surface area contributed by atoms with Gasteiger partial charge in [-0.05, 0) is 54.3 Å². The number of nitrogens with two attached hydrogens (primary N) is 1. The number of carbonyl (C=O) groups excluding carboxylic acids is 1. The van der Waals surface area contributed by atoms with E-state index in [1.54, 1.807) is 13.0 Å². The van der Waals surface area contributed by atoms with Crippen molar-refractivity contribution in [2.45, 2.75) is 36.6 Å². The van der Waals surface area contributed by atoms with Gasteiger partial charge in [0.25, 0.3) is 10.0 Å². The Hall–Kier alpha value is -4.98. The van der Waals surface area contributed by atoms with E-state index in [1.807, 2.05) is 30.3 Å². The maximum atomic E-state index is 12.7. The molecule has 0 aliphatic heterocycles. The number of nitriles is 2. The number of nitrogen functional groups attached to an aromatic ring is 1. The average molecular weight is 599 g/mol. The summed E-state index contributed by atoms with van der Waals surface area (Å²) in [5.74, 6) is -0.316. The second-order valence-electron chi connectivity index (χ2n) is 9.42. The minimum absolute atomic E-state index is 0.0372.